The summed E-state index contributed by atoms with van der Waals surface area (Å²) in [5, 5.41) is 12.0. The highest BCUT2D eigenvalue weighted by Crippen LogP contribution is 2.18. The van der Waals surface area contributed by atoms with Gasteiger partial charge in [-0.3, -0.25) is 9.59 Å². The molecular weight excluding hydrogens is 512 g/mol. The highest BCUT2D eigenvalue weighted by atomic mass is 79.9. The van der Waals surface area contributed by atoms with E-state index in [1.165, 1.54) is 0 Å². The molecule has 3 aromatic rings. The molecule has 1 heterocycles. The van der Waals surface area contributed by atoms with Crippen LogP contribution >= 0.6 is 31.9 Å². The summed E-state index contributed by atoms with van der Waals surface area (Å²) < 4.78 is 17.1. The van der Waals surface area contributed by atoms with Crippen LogP contribution in [-0.2, 0) is 9.59 Å². The molecule has 150 valence electrons. The fourth-order valence-corrected chi connectivity index (χ4v) is 2.58. The summed E-state index contributed by atoms with van der Waals surface area (Å²) in [6.07, 6.45) is 0. The number of benzene rings is 2. The number of aromatic nitrogens is 2. The van der Waals surface area contributed by atoms with E-state index in [-0.39, 0.29) is 24.8 Å². The zero-order valence-electron chi connectivity index (χ0n) is 14.7. The first-order valence-electron chi connectivity index (χ1n) is 8.18. The van der Waals surface area contributed by atoms with E-state index in [4.69, 9.17) is 9.47 Å². The first-order chi connectivity index (χ1) is 14.0. The van der Waals surface area contributed by atoms with Crippen LogP contribution in [0.5, 0.6) is 11.5 Å². The number of nitrogens with one attached hydrogen (secondary N) is 2. The van der Waals surface area contributed by atoms with Gasteiger partial charge in [0.05, 0.1) is 0 Å². The van der Waals surface area contributed by atoms with Crippen LogP contribution < -0.4 is 20.1 Å². The van der Waals surface area contributed by atoms with E-state index < -0.39 is 11.8 Å². The van der Waals surface area contributed by atoms with E-state index in [0.29, 0.717) is 11.5 Å². The van der Waals surface area contributed by atoms with Gasteiger partial charge in [-0.25, -0.2) is 4.63 Å². The predicted octanol–water partition coefficient (Wildman–Crippen LogP) is 3.63. The van der Waals surface area contributed by atoms with Crippen LogP contribution in [0, 0.1) is 0 Å². The number of rotatable bonds is 8. The molecule has 2 aromatic carbocycles. The van der Waals surface area contributed by atoms with Crippen LogP contribution in [0.2, 0.25) is 0 Å². The van der Waals surface area contributed by atoms with Crippen molar-refractivity contribution < 1.29 is 23.7 Å². The summed E-state index contributed by atoms with van der Waals surface area (Å²) in [7, 11) is 0. The lowest BCUT2D eigenvalue weighted by Crippen LogP contribution is -2.23. The Labute approximate surface area is 182 Å². The second-order valence-corrected chi connectivity index (χ2v) is 7.37. The molecule has 0 radical (unpaired) electrons. The predicted molar refractivity (Wildman–Crippen MR) is 111 cm³/mol. The van der Waals surface area contributed by atoms with Gasteiger partial charge in [0, 0.05) is 8.95 Å². The number of carbonyl (C=O) groups excluding carboxylic acids is 2. The van der Waals surface area contributed by atoms with Crippen molar-refractivity contribution in [3.8, 4) is 11.5 Å². The summed E-state index contributed by atoms with van der Waals surface area (Å²) in [5.41, 5.74) is 0. The van der Waals surface area contributed by atoms with Gasteiger partial charge < -0.3 is 20.1 Å². The molecule has 0 spiro atoms. The Kier molecular flexibility index (Phi) is 7.19. The lowest BCUT2D eigenvalue weighted by atomic mass is 10.3. The third-order valence-corrected chi connectivity index (χ3v) is 4.43. The van der Waals surface area contributed by atoms with Crippen molar-refractivity contribution in [3.05, 3.63) is 57.5 Å². The molecule has 0 bridgehead atoms. The molecule has 0 unspecified atom stereocenters. The molecule has 9 nitrogen and oxygen atoms in total. The number of hydrogen-bond donors (Lipinski definition) is 2. The largest absolute Gasteiger partial charge is 0.484 e. The van der Waals surface area contributed by atoms with Crippen LogP contribution in [0.25, 0.3) is 0 Å². The maximum absolute atomic E-state index is 12.0. The number of nitrogens with zero attached hydrogens (tertiary/aromatic N) is 2. The van der Waals surface area contributed by atoms with Crippen LogP contribution in [0.15, 0.2) is 62.1 Å². The molecule has 0 atom stereocenters. The fourth-order valence-electron chi connectivity index (χ4n) is 2.05. The SMILES string of the molecule is O=C(COc1ccc(Br)cc1)Nc1nonc1NC(=O)COc1ccc(Br)cc1. The molecule has 1 aromatic heterocycles. The van der Waals surface area contributed by atoms with Gasteiger partial charge in [-0.05, 0) is 58.8 Å². The molecular formula is C18H14Br2N4O5. The summed E-state index contributed by atoms with van der Waals surface area (Å²) in [4.78, 5) is 24.1. The van der Waals surface area contributed by atoms with Gasteiger partial charge in [0.15, 0.2) is 13.2 Å². The summed E-state index contributed by atoms with van der Waals surface area (Å²) >= 11 is 6.63. The zero-order valence-corrected chi connectivity index (χ0v) is 17.9. The average molecular weight is 526 g/mol. The van der Waals surface area contributed by atoms with Crippen molar-refractivity contribution in [1.29, 1.82) is 0 Å². The van der Waals surface area contributed by atoms with Crippen molar-refractivity contribution >= 4 is 55.3 Å². The van der Waals surface area contributed by atoms with Gasteiger partial charge in [0.25, 0.3) is 11.8 Å². The summed E-state index contributed by atoms with van der Waals surface area (Å²) in [5.74, 6) is -0.00579. The minimum Gasteiger partial charge on any atom is -0.484 e. The van der Waals surface area contributed by atoms with Gasteiger partial charge >= 0.3 is 0 Å². The first kappa shape index (κ1) is 20.8. The number of carbonyl (C=O) groups is 2. The van der Waals surface area contributed by atoms with Gasteiger partial charge in [0.1, 0.15) is 11.5 Å². The van der Waals surface area contributed by atoms with E-state index in [0.717, 1.165) is 8.95 Å². The Bertz CT molecular complexity index is 899. The Morgan fingerprint density at radius 1 is 0.759 bits per heavy atom. The van der Waals surface area contributed by atoms with Gasteiger partial charge in [-0.1, -0.05) is 31.9 Å². The topological polar surface area (TPSA) is 116 Å². The lowest BCUT2D eigenvalue weighted by molar-refractivity contribution is -0.119. The van der Waals surface area contributed by atoms with E-state index in [1.54, 1.807) is 48.5 Å². The monoisotopic (exact) mass is 524 g/mol. The molecule has 2 amide bonds. The Morgan fingerprint density at radius 2 is 1.14 bits per heavy atom. The van der Waals surface area contributed by atoms with Crippen molar-refractivity contribution in [2.24, 2.45) is 0 Å². The maximum Gasteiger partial charge on any atom is 0.263 e. The molecule has 11 heteroatoms. The molecule has 0 aliphatic carbocycles. The van der Waals surface area contributed by atoms with Crippen LogP contribution in [-0.4, -0.2) is 35.3 Å². The zero-order chi connectivity index (χ0) is 20.6. The van der Waals surface area contributed by atoms with Crippen molar-refractivity contribution in [1.82, 2.24) is 10.3 Å². The van der Waals surface area contributed by atoms with Crippen molar-refractivity contribution in [2.45, 2.75) is 0 Å². The first-order valence-corrected chi connectivity index (χ1v) is 9.77. The fraction of sp³-hybridized carbons (Fsp3) is 0.111. The molecule has 0 aliphatic rings. The quantitative estimate of drug-likeness (QED) is 0.461. The molecule has 29 heavy (non-hydrogen) atoms. The molecule has 0 fully saturated rings. The second-order valence-electron chi connectivity index (χ2n) is 5.54. The number of ether oxygens (including phenoxy) is 2. The van der Waals surface area contributed by atoms with E-state index >= 15 is 0 Å². The van der Waals surface area contributed by atoms with Crippen molar-refractivity contribution in [3.63, 3.8) is 0 Å². The number of hydrogen-bond acceptors (Lipinski definition) is 7. The second kappa shape index (κ2) is 10.0. The van der Waals surface area contributed by atoms with Gasteiger partial charge in [-0.15, -0.1) is 0 Å². The molecule has 3 rings (SSSR count). The van der Waals surface area contributed by atoms with E-state index in [9.17, 15) is 9.59 Å². The molecule has 0 saturated heterocycles. The average Bonchev–Trinajstić information content (AvgIpc) is 3.13. The minimum absolute atomic E-state index is 0.0357. The lowest BCUT2D eigenvalue weighted by Gasteiger charge is -2.08. The van der Waals surface area contributed by atoms with E-state index in [1.807, 2.05) is 0 Å². The van der Waals surface area contributed by atoms with Crippen molar-refractivity contribution in [2.75, 3.05) is 23.8 Å². The number of amides is 2. The molecule has 0 aliphatic heterocycles. The minimum atomic E-state index is -0.495. The highest BCUT2D eigenvalue weighted by molar-refractivity contribution is 9.10. The summed E-state index contributed by atoms with van der Waals surface area (Å²) in [6, 6.07) is 14.0. The van der Waals surface area contributed by atoms with Crippen LogP contribution in [0.3, 0.4) is 0 Å². The molecule has 0 saturated carbocycles. The molecule has 2 N–H and O–H groups in total. The van der Waals surface area contributed by atoms with Gasteiger partial charge in [0.2, 0.25) is 11.6 Å². The normalized spacial score (nSPS) is 10.3. The van der Waals surface area contributed by atoms with Gasteiger partial charge in [-0.2, -0.15) is 0 Å². The standard InChI is InChI=1S/C18H14Br2N4O5/c19-11-1-5-13(6-2-11)27-9-15(25)21-17-18(24-29-23-17)22-16(26)10-28-14-7-3-12(20)4-8-14/h1-8H,9-10H2,(H,21,23,25)(H,22,24,26). The smallest absolute Gasteiger partial charge is 0.263 e. The number of anilines is 2. The number of halogens is 2. The third-order valence-electron chi connectivity index (χ3n) is 3.37. The third kappa shape index (κ3) is 6.57. The van der Waals surface area contributed by atoms with Crippen LogP contribution in [0.4, 0.5) is 11.6 Å². The van der Waals surface area contributed by atoms with E-state index in [2.05, 4.69) is 57.4 Å². The highest BCUT2D eigenvalue weighted by Gasteiger charge is 2.16. The maximum atomic E-state index is 12.0. The van der Waals surface area contributed by atoms with Crippen LogP contribution in [0.1, 0.15) is 0 Å². The Hall–Kier alpha value is -2.92. The summed E-state index contributed by atoms with van der Waals surface area (Å²) in [6.45, 7) is -0.511. The Morgan fingerprint density at radius 3 is 1.52 bits per heavy atom. The Balaban J connectivity index is 1.47.